The van der Waals surface area contributed by atoms with Gasteiger partial charge in [0.05, 0.1) is 6.10 Å². The van der Waals surface area contributed by atoms with Gasteiger partial charge in [0.25, 0.3) is 0 Å². The lowest BCUT2D eigenvalue weighted by atomic mass is 9.72. The van der Waals surface area contributed by atoms with Gasteiger partial charge in [-0.3, -0.25) is 0 Å². The van der Waals surface area contributed by atoms with Gasteiger partial charge in [-0.2, -0.15) is 0 Å². The van der Waals surface area contributed by atoms with Crippen LogP contribution < -0.4 is 0 Å². The molecule has 2 atom stereocenters. The summed E-state index contributed by atoms with van der Waals surface area (Å²) in [5.41, 5.74) is 0. The minimum atomic E-state index is 0.604. The standard InChI is InChI=1S/C14H26O/c1-2-15-14-11-7-6-10-13(14)12-8-4-3-5-9-12/h12-14H,2-11H2,1H3. The van der Waals surface area contributed by atoms with Gasteiger partial charge in [-0.05, 0) is 31.6 Å². The fraction of sp³-hybridized carbons (Fsp3) is 1.00. The van der Waals surface area contributed by atoms with Crippen LogP contribution in [0.15, 0.2) is 0 Å². The molecule has 0 aliphatic heterocycles. The van der Waals surface area contributed by atoms with Crippen molar-refractivity contribution >= 4 is 0 Å². The molecule has 2 aliphatic rings. The van der Waals surface area contributed by atoms with E-state index in [1.54, 1.807) is 0 Å². The first-order valence-electron chi connectivity index (χ1n) is 7.03. The minimum absolute atomic E-state index is 0.604. The van der Waals surface area contributed by atoms with Crippen LogP contribution in [0.1, 0.15) is 64.7 Å². The van der Waals surface area contributed by atoms with Crippen molar-refractivity contribution < 1.29 is 4.74 Å². The molecule has 0 amide bonds. The Kier molecular flexibility index (Phi) is 4.49. The summed E-state index contributed by atoms with van der Waals surface area (Å²) in [4.78, 5) is 0. The van der Waals surface area contributed by atoms with Gasteiger partial charge < -0.3 is 4.74 Å². The quantitative estimate of drug-likeness (QED) is 0.679. The third kappa shape index (κ3) is 2.96. The molecule has 2 rings (SSSR count). The molecule has 2 unspecified atom stereocenters. The van der Waals surface area contributed by atoms with Crippen molar-refractivity contribution in [3.8, 4) is 0 Å². The average Bonchev–Trinajstić information content (AvgIpc) is 2.31. The van der Waals surface area contributed by atoms with E-state index >= 15 is 0 Å². The molecule has 0 spiro atoms. The molecule has 2 fully saturated rings. The lowest BCUT2D eigenvalue weighted by Crippen LogP contribution is -2.34. The van der Waals surface area contributed by atoms with Gasteiger partial charge in [0.15, 0.2) is 0 Å². The minimum Gasteiger partial charge on any atom is -0.378 e. The summed E-state index contributed by atoms with van der Waals surface area (Å²) in [7, 11) is 0. The Morgan fingerprint density at radius 2 is 1.53 bits per heavy atom. The molecule has 0 aromatic carbocycles. The highest BCUT2D eigenvalue weighted by molar-refractivity contribution is 4.83. The summed E-state index contributed by atoms with van der Waals surface area (Å²) in [6.07, 6.45) is 13.6. The van der Waals surface area contributed by atoms with E-state index < -0.39 is 0 Å². The van der Waals surface area contributed by atoms with E-state index in [1.807, 2.05) is 0 Å². The Balaban J connectivity index is 1.90. The maximum atomic E-state index is 5.95. The molecule has 1 nitrogen and oxygen atoms in total. The first-order chi connectivity index (χ1) is 7.42. The van der Waals surface area contributed by atoms with E-state index in [4.69, 9.17) is 4.74 Å². The van der Waals surface area contributed by atoms with Crippen LogP contribution in [-0.4, -0.2) is 12.7 Å². The van der Waals surface area contributed by atoms with Gasteiger partial charge in [0, 0.05) is 6.61 Å². The van der Waals surface area contributed by atoms with E-state index in [2.05, 4.69) is 6.92 Å². The molecular weight excluding hydrogens is 184 g/mol. The van der Waals surface area contributed by atoms with Gasteiger partial charge in [-0.1, -0.05) is 44.9 Å². The number of hydrogen-bond acceptors (Lipinski definition) is 1. The summed E-state index contributed by atoms with van der Waals surface area (Å²) in [5.74, 6) is 1.90. The zero-order valence-electron chi connectivity index (χ0n) is 10.2. The second-order valence-corrected chi connectivity index (χ2v) is 5.34. The predicted molar refractivity (Wildman–Crippen MR) is 63.9 cm³/mol. The Hall–Kier alpha value is -0.0400. The van der Waals surface area contributed by atoms with Gasteiger partial charge in [-0.25, -0.2) is 0 Å². The maximum absolute atomic E-state index is 5.95. The largest absolute Gasteiger partial charge is 0.378 e. The highest BCUT2D eigenvalue weighted by atomic mass is 16.5. The van der Waals surface area contributed by atoms with Crippen LogP contribution >= 0.6 is 0 Å². The monoisotopic (exact) mass is 210 g/mol. The van der Waals surface area contributed by atoms with Crippen molar-refractivity contribution in [3.05, 3.63) is 0 Å². The summed E-state index contributed by atoms with van der Waals surface area (Å²) in [5, 5.41) is 0. The van der Waals surface area contributed by atoms with E-state index in [9.17, 15) is 0 Å². The topological polar surface area (TPSA) is 9.23 Å². The van der Waals surface area contributed by atoms with Crippen molar-refractivity contribution in [3.63, 3.8) is 0 Å². The molecule has 0 aromatic heterocycles. The number of hydrogen-bond donors (Lipinski definition) is 0. The van der Waals surface area contributed by atoms with Crippen LogP contribution in [0.5, 0.6) is 0 Å². The molecular formula is C14H26O. The van der Waals surface area contributed by atoms with E-state index in [0.29, 0.717) is 6.10 Å². The van der Waals surface area contributed by atoms with Crippen molar-refractivity contribution in [1.29, 1.82) is 0 Å². The zero-order valence-corrected chi connectivity index (χ0v) is 10.2. The highest BCUT2D eigenvalue weighted by Crippen LogP contribution is 2.39. The van der Waals surface area contributed by atoms with Gasteiger partial charge in [0.1, 0.15) is 0 Å². The SMILES string of the molecule is CCOC1CCCCC1C1CCCCC1. The normalized spacial score (nSPS) is 34.2. The van der Waals surface area contributed by atoms with Crippen LogP contribution in [0.25, 0.3) is 0 Å². The van der Waals surface area contributed by atoms with Gasteiger partial charge in [-0.15, -0.1) is 0 Å². The average molecular weight is 210 g/mol. The summed E-state index contributed by atoms with van der Waals surface area (Å²) in [6.45, 7) is 3.06. The van der Waals surface area contributed by atoms with Crippen LogP contribution in [-0.2, 0) is 4.74 Å². The molecule has 0 radical (unpaired) electrons. The van der Waals surface area contributed by atoms with E-state index in [0.717, 1.165) is 18.4 Å². The molecule has 0 saturated heterocycles. The van der Waals surface area contributed by atoms with Crippen molar-refractivity contribution in [2.75, 3.05) is 6.61 Å². The second kappa shape index (κ2) is 5.89. The van der Waals surface area contributed by atoms with Crippen molar-refractivity contribution in [1.82, 2.24) is 0 Å². The van der Waals surface area contributed by atoms with Crippen molar-refractivity contribution in [2.24, 2.45) is 11.8 Å². The van der Waals surface area contributed by atoms with Crippen LogP contribution in [0.2, 0.25) is 0 Å². The molecule has 1 heteroatoms. The summed E-state index contributed by atoms with van der Waals surface area (Å²) < 4.78 is 5.95. The van der Waals surface area contributed by atoms with Gasteiger partial charge >= 0.3 is 0 Å². The number of rotatable bonds is 3. The van der Waals surface area contributed by atoms with E-state index in [1.165, 1.54) is 57.8 Å². The van der Waals surface area contributed by atoms with Crippen molar-refractivity contribution in [2.45, 2.75) is 70.8 Å². The number of ether oxygens (including phenoxy) is 1. The summed E-state index contributed by atoms with van der Waals surface area (Å²) in [6, 6.07) is 0. The fourth-order valence-corrected chi connectivity index (χ4v) is 3.65. The van der Waals surface area contributed by atoms with Crippen LogP contribution in [0, 0.1) is 11.8 Å². The first-order valence-corrected chi connectivity index (χ1v) is 7.03. The predicted octanol–water partition coefficient (Wildman–Crippen LogP) is 4.16. The molecule has 15 heavy (non-hydrogen) atoms. The second-order valence-electron chi connectivity index (χ2n) is 5.34. The Bertz CT molecular complexity index is 159. The molecule has 0 heterocycles. The zero-order chi connectivity index (χ0) is 10.5. The third-order valence-electron chi connectivity index (χ3n) is 4.39. The van der Waals surface area contributed by atoms with Crippen LogP contribution in [0.3, 0.4) is 0 Å². The molecule has 2 aliphatic carbocycles. The molecule has 0 bridgehead atoms. The Morgan fingerprint density at radius 3 is 2.27 bits per heavy atom. The Labute approximate surface area is 94.6 Å². The highest BCUT2D eigenvalue weighted by Gasteiger charge is 2.32. The maximum Gasteiger partial charge on any atom is 0.0605 e. The summed E-state index contributed by atoms with van der Waals surface area (Å²) >= 11 is 0. The molecule has 2 saturated carbocycles. The smallest absolute Gasteiger partial charge is 0.0605 e. The van der Waals surface area contributed by atoms with E-state index in [-0.39, 0.29) is 0 Å². The fourth-order valence-electron chi connectivity index (χ4n) is 3.65. The molecule has 88 valence electrons. The van der Waals surface area contributed by atoms with Crippen LogP contribution in [0.4, 0.5) is 0 Å². The third-order valence-corrected chi connectivity index (χ3v) is 4.39. The molecule has 0 aromatic rings. The Morgan fingerprint density at radius 1 is 0.867 bits per heavy atom. The first kappa shape index (κ1) is 11.4. The lowest BCUT2D eigenvalue weighted by Gasteiger charge is -2.38. The lowest BCUT2D eigenvalue weighted by molar-refractivity contribution is -0.0313. The van der Waals surface area contributed by atoms with Gasteiger partial charge in [0.2, 0.25) is 0 Å². The molecule has 0 N–H and O–H groups in total.